The third-order valence-corrected chi connectivity index (χ3v) is 4.35. The van der Waals surface area contributed by atoms with Crippen molar-refractivity contribution in [2.75, 3.05) is 0 Å². The van der Waals surface area contributed by atoms with Crippen molar-refractivity contribution < 1.29 is 13.9 Å². The smallest absolute Gasteiger partial charge is 0.279 e. The van der Waals surface area contributed by atoms with Gasteiger partial charge in [0, 0.05) is 11.6 Å². The van der Waals surface area contributed by atoms with E-state index in [1.807, 2.05) is 26.0 Å². The van der Waals surface area contributed by atoms with Crippen LogP contribution in [0.4, 0.5) is 4.39 Å². The molecule has 2 aromatic carbocycles. The van der Waals surface area contributed by atoms with Crippen LogP contribution in [0, 0.1) is 24.6 Å². The topological polar surface area (TPSA) is 51.2 Å². The Morgan fingerprint density at radius 3 is 2.78 bits per heavy atom. The highest BCUT2D eigenvalue weighted by molar-refractivity contribution is 7.13. The number of benzene rings is 2. The zero-order valence-corrected chi connectivity index (χ0v) is 15.6. The zero-order chi connectivity index (χ0) is 19.2. The van der Waals surface area contributed by atoms with Crippen LogP contribution in [0.2, 0.25) is 0 Å². The first-order chi connectivity index (χ1) is 13.0. The Morgan fingerprint density at radius 1 is 1.26 bits per heavy atom. The molecule has 0 aliphatic carbocycles. The minimum Gasteiger partial charge on any atom is -0.431 e. The molecule has 4 nitrogen and oxygen atoms in total. The Balaban J connectivity index is 1.59. The summed E-state index contributed by atoms with van der Waals surface area (Å²) in [4.78, 5) is 17.0. The number of nitrogens with zero attached hydrogens (tertiary/aromatic N) is 1. The molecule has 3 aromatic rings. The van der Waals surface area contributed by atoms with Crippen molar-refractivity contribution in [2.45, 2.75) is 19.9 Å². The number of aromatic nitrogens is 1. The third-order valence-electron chi connectivity index (χ3n) is 3.56. The minimum absolute atomic E-state index is 0.170. The lowest BCUT2D eigenvalue weighted by molar-refractivity contribution is 0.0948. The number of nitrogens with one attached hydrogen (secondary N) is 1. The molecule has 0 aliphatic rings. The first-order valence-electron chi connectivity index (χ1n) is 8.28. The van der Waals surface area contributed by atoms with Crippen LogP contribution in [0.3, 0.4) is 0 Å². The summed E-state index contributed by atoms with van der Waals surface area (Å²) in [7, 11) is 0. The van der Waals surface area contributed by atoms with Crippen molar-refractivity contribution in [1.29, 1.82) is 0 Å². The van der Waals surface area contributed by atoms with Crippen LogP contribution < -0.4 is 10.1 Å². The van der Waals surface area contributed by atoms with Crippen LogP contribution in [0.1, 0.15) is 27.7 Å². The van der Waals surface area contributed by atoms with Crippen molar-refractivity contribution in [3.63, 3.8) is 0 Å². The lowest BCUT2D eigenvalue weighted by Gasteiger charge is -2.07. The number of carbonyl (C=O) groups excluding carboxylic acids is 1. The molecule has 1 heterocycles. The molecule has 0 bridgehead atoms. The molecule has 1 atom stereocenters. The van der Waals surface area contributed by atoms with E-state index in [4.69, 9.17) is 4.74 Å². The minimum atomic E-state index is -0.373. The highest BCUT2D eigenvalue weighted by atomic mass is 32.1. The van der Waals surface area contributed by atoms with Gasteiger partial charge in [-0.2, -0.15) is 0 Å². The van der Waals surface area contributed by atoms with Gasteiger partial charge in [-0.3, -0.25) is 4.79 Å². The normalized spacial score (nSPS) is 11.2. The number of thiazole rings is 1. The van der Waals surface area contributed by atoms with Crippen molar-refractivity contribution in [1.82, 2.24) is 10.3 Å². The van der Waals surface area contributed by atoms with Crippen LogP contribution >= 0.6 is 11.3 Å². The van der Waals surface area contributed by atoms with Gasteiger partial charge in [0.05, 0.1) is 12.2 Å². The molecule has 0 saturated heterocycles. The van der Waals surface area contributed by atoms with Gasteiger partial charge >= 0.3 is 0 Å². The fourth-order valence-corrected chi connectivity index (χ4v) is 2.84. The molecule has 6 heteroatoms. The second-order valence-electron chi connectivity index (χ2n) is 5.88. The maximum Gasteiger partial charge on any atom is 0.279 e. The van der Waals surface area contributed by atoms with Gasteiger partial charge in [0.1, 0.15) is 16.4 Å². The van der Waals surface area contributed by atoms with Gasteiger partial charge in [-0.15, -0.1) is 0 Å². The van der Waals surface area contributed by atoms with E-state index in [0.717, 1.165) is 5.56 Å². The van der Waals surface area contributed by atoms with E-state index in [0.29, 0.717) is 21.4 Å². The predicted octanol–water partition coefficient (Wildman–Crippen LogP) is 4.55. The van der Waals surface area contributed by atoms with Gasteiger partial charge in [0.2, 0.25) is 0 Å². The lowest BCUT2D eigenvalue weighted by atomic mass is 10.1. The van der Waals surface area contributed by atoms with E-state index in [2.05, 4.69) is 22.1 Å². The van der Waals surface area contributed by atoms with Crippen LogP contribution in [-0.2, 0) is 0 Å². The Labute approximate surface area is 161 Å². The van der Waals surface area contributed by atoms with E-state index in [-0.39, 0.29) is 17.8 Å². The predicted molar refractivity (Wildman–Crippen MR) is 104 cm³/mol. The monoisotopic (exact) mass is 380 g/mol. The molecular weight excluding hydrogens is 363 g/mol. The molecule has 136 valence electrons. The first kappa shape index (κ1) is 18.6. The number of hydrogen-bond donors (Lipinski definition) is 1. The van der Waals surface area contributed by atoms with Gasteiger partial charge in [-0.1, -0.05) is 46.9 Å². The standard InChI is InChI=1S/C21H17FN2O2S/c1-14-6-9-16(10-7-14)20(25)24-15(2)8-11-19-13-23-21(27-19)26-18-5-3-4-17(22)12-18/h3-7,9-10,12-13,15H,1-2H3,(H,24,25). The summed E-state index contributed by atoms with van der Waals surface area (Å²) in [5.74, 6) is 5.77. The molecule has 1 N–H and O–H groups in total. The molecule has 3 rings (SSSR count). The van der Waals surface area contributed by atoms with E-state index in [1.54, 1.807) is 30.5 Å². The molecule has 0 aliphatic heterocycles. The average Bonchev–Trinajstić information content (AvgIpc) is 3.08. The highest BCUT2D eigenvalue weighted by Crippen LogP contribution is 2.26. The lowest BCUT2D eigenvalue weighted by Crippen LogP contribution is -2.31. The first-order valence-corrected chi connectivity index (χ1v) is 9.09. The molecular formula is C21H17FN2O2S. The van der Waals surface area contributed by atoms with Crippen molar-refractivity contribution in [3.05, 3.63) is 76.5 Å². The summed E-state index contributed by atoms with van der Waals surface area (Å²) in [6.07, 6.45) is 1.58. The molecule has 1 amide bonds. The maximum absolute atomic E-state index is 13.2. The second-order valence-corrected chi connectivity index (χ2v) is 6.87. The number of halogens is 1. The Hall–Kier alpha value is -3.17. The van der Waals surface area contributed by atoms with Crippen LogP contribution in [-0.4, -0.2) is 16.9 Å². The second kappa shape index (κ2) is 8.47. The van der Waals surface area contributed by atoms with Crippen molar-refractivity contribution in [3.8, 4) is 22.8 Å². The summed E-state index contributed by atoms with van der Waals surface area (Å²) in [5, 5.41) is 3.21. The van der Waals surface area contributed by atoms with Crippen LogP contribution in [0.5, 0.6) is 10.9 Å². The summed E-state index contributed by atoms with van der Waals surface area (Å²) in [6.45, 7) is 3.78. The van der Waals surface area contributed by atoms with Crippen LogP contribution in [0.25, 0.3) is 0 Å². The van der Waals surface area contributed by atoms with Crippen molar-refractivity contribution in [2.24, 2.45) is 0 Å². The number of ether oxygens (including phenoxy) is 1. The number of rotatable bonds is 4. The highest BCUT2D eigenvalue weighted by Gasteiger charge is 2.08. The summed E-state index contributed by atoms with van der Waals surface area (Å²) in [6, 6.07) is 12.9. The maximum atomic E-state index is 13.2. The van der Waals surface area contributed by atoms with Gasteiger partial charge < -0.3 is 10.1 Å². The molecule has 1 aromatic heterocycles. The number of aryl methyl sites for hydroxylation is 1. The molecule has 27 heavy (non-hydrogen) atoms. The largest absolute Gasteiger partial charge is 0.431 e. The van der Waals surface area contributed by atoms with Gasteiger partial charge in [-0.25, -0.2) is 9.37 Å². The van der Waals surface area contributed by atoms with Gasteiger partial charge in [0.25, 0.3) is 11.1 Å². The Bertz CT molecular complexity index is 1000. The molecule has 0 spiro atoms. The van der Waals surface area contributed by atoms with Gasteiger partial charge in [0.15, 0.2) is 0 Å². The van der Waals surface area contributed by atoms with E-state index in [9.17, 15) is 9.18 Å². The number of hydrogen-bond acceptors (Lipinski definition) is 4. The van der Waals surface area contributed by atoms with Crippen molar-refractivity contribution >= 4 is 17.2 Å². The molecule has 0 radical (unpaired) electrons. The third kappa shape index (κ3) is 5.40. The van der Waals surface area contributed by atoms with E-state index < -0.39 is 0 Å². The Morgan fingerprint density at radius 2 is 2.04 bits per heavy atom. The summed E-state index contributed by atoms with van der Waals surface area (Å²) < 4.78 is 18.7. The number of amides is 1. The number of carbonyl (C=O) groups is 1. The SMILES string of the molecule is Cc1ccc(C(=O)NC(C)C#Cc2cnc(Oc3cccc(F)c3)s2)cc1. The molecule has 0 fully saturated rings. The molecule has 1 unspecified atom stereocenters. The fraction of sp³-hybridized carbons (Fsp3) is 0.143. The molecule has 0 saturated carbocycles. The summed E-state index contributed by atoms with van der Waals surface area (Å²) in [5.41, 5.74) is 1.69. The average molecular weight is 380 g/mol. The van der Waals surface area contributed by atoms with Gasteiger partial charge in [-0.05, 0) is 38.1 Å². The summed E-state index contributed by atoms with van der Waals surface area (Å²) >= 11 is 1.25. The Kier molecular flexibility index (Phi) is 5.84. The van der Waals surface area contributed by atoms with E-state index in [1.165, 1.54) is 23.5 Å². The quantitative estimate of drug-likeness (QED) is 0.676. The zero-order valence-electron chi connectivity index (χ0n) is 14.8. The fourth-order valence-electron chi connectivity index (χ4n) is 2.19. The van der Waals surface area contributed by atoms with E-state index >= 15 is 0 Å². The van der Waals surface area contributed by atoms with Crippen LogP contribution in [0.15, 0.2) is 54.7 Å².